The van der Waals surface area contributed by atoms with Crippen molar-refractivity contribution >= 4 is 29.1 Å². The number of oxime groups is 1. The lowest BCUT2D eigenvalue weighted by atomic mass is 10.1. The van der Waals surface area contributed by atoms with E-state index in [1.54, 1.807) is 50.2 Å². The van der Waals surface area contributed by atoms with E-state index in [0.717, 1.165) is 0 Å². The number of anilines is 2. The summed E-state index contributed by atoms with van der Waals surface area (Å²) in [6.45, 7) is 6.41. The minimum atomic E-state index is -0.572. The summed E-state index contributed by atoms with van der Waals surface area (Å²) in [6, 6.07) is 12.2. The van der Waals surface area contributed by atoms with Crippen LogP contribution in [-0.2, 0) is 22.7 Å². The molecule has 224 valence electrons. The Balaban J connectivity index is 1.93. The molecule has 3 rings (SSSR count). The zero-order chi connectivity index (χ0) is 30.8. The minimum absolute atomic E-state index is 0.0255. The van der Waals surface area contributed by atoms with Gasteiger partial charge in [0.25, 0.3) is 5.91 Å². The summed E-state index contributed by atoms with van der Waals surface area (Å²) in [7, 11) is 0. The van der Waals surface area contributed by atoms with Crippen LogP contribution in [0.2, 0.25) is 0 Å². The van der Waals surface area contributed by atoms with Crippen molar-refractivity contribution in [1.29, 1.82) is 0 Å². The third-order valence-corrected chi connectivity index (χ3v) is 5.94. The molecule has 0 aromatic heterocycles. The normalized spacial score (nSPS) is 11.3. The van der Waals surface area contributed by atoms with E-state index in [2.05, 4.69) is 15.8 Å². The number of benzene rings is 3. The van der Waals surface area contributed by atoms with Crippen LogP contribution in [0.4, 0.5) is 15.8 Å². The smallest absolute Gasteiger partial charge is 0.344 e. The van der Waals surface area contributed by atoms with Crippen molar-refractivity contribution in [3.63, 3.8) is 0 Å². The Kier molecular flexibility index (Phi) is 11.1. The summed E-state index contributed by atoms with van der Waals surface area (Å²) in [5.74, 6) is -1.14. The third kappa shape index (κ3) is 8.33. The number of nitrogens with one attached hydrogen (secondary N) is 2. The van der Waals surface area contributed by atoms with Gasteiger partial charge in [-0.25, -0.2) is 9.18 Å². The molecule has 0 atom stereocenters. The summed E-state index contributed by atoms with van der Waals surface area (Å²) >= 11 is 0. The van der Waals surface area contributed by atoms with Crippen molar-refractivity contribution in [2.24, 2.45) is 10.9 Å². The lowest BCUT2D eigenvalue weighted by molar-refractivity contribution is -0.145. The first-order chi connectivity index (χ1) is 20.1. The molecule has 0 aliphatic heterocycles. The number of rotatable bonds is 13. The van der Waals surface area contributed by atoms with E-state index < -0.39 is 17.7 Å². The Labute approximate surface area is 243 Å². The standard InChI is InChI=1S/C30H35FN4O7/c1-5-40-27(37)16-41-28-21(11-19(15-36)12-26(28)42-17(2)3)14-33-25-13-24(31)18(4)10-23(25)30(38)34-22-8-6-20(7-9-22)29(32)35-39/h6-13,17,33,36,39H,5,14-16H2,1-4H3,(H2,32,35)(H,34,38). The number of hydrogen-bond donors (Lipinski definition) is 5. The molecule has 11 nitrogen and oxygen atoms in total. The van der Waals surface area contributed by atoms with Crippen molar-refractivity contribution < 1.29 is 38.5 Å². The fourth-order valence-electron chi connectivity index (χ4n) is 3.97. The van der Waals surface area contributed by atoms with Crippen LogP contribution in [0.25, 0.3) is 0 Å². The van der Waals surface area contributed by atoms with E-state index in [-0.39, 0.29) is 60.9 Å². The van der Waals surface area contributed by atoms with Crippen molar-refractivity contribution in [2.75, 3.05) is 23.8 Å². The number of esters is 1. The number of aliphatic hydroxyl groups is 1. The number of carbonyl (C=O) groups excluding carboxylic acids is 2. The van der Waals surface area contributed by atoms with Crippen LogP contribution in [0.1, 0.15) is 53.4 Å². The van der Waals surface area contributed by atoms with E-state index in [1.165, 1.54) is 12.1 Å². The monoisotopic (exact) mass is 582 g/mol. The SMILES string of the molecule is CCOC(=O)COc1c(CNc2cc(F)c(C)cc2C(=O)Nc2ccc(/C(N)=N/O)cc2)cc(CO)cc1OC(C)C. The van der Waals surface area contributed by atoms with Gasteiger partial charge in [0.15, 0.2) is 23.9 Å². The second-order valence-corrected chi connectivity index (χ2v) is 9.52. The number of aliphatic hydroxyl groups excluding tert-OH is 1. The van der Waals surface area contributed by atoms with Gasteiger partial charge in [-0.15, -0.1) is 0 Å². The highest BCUT2D eigenvalue weighted by atomic mass is 19.1. The van der Waals surface area contributed by atoms with Gasteiger partial charge < -0.3 is 40.9 Å². The van der Waals surface area contributed by atoms with E-state index in [1.807, 2.05) is 13.8 Å². The van der Waals surface area contributed by atoms with Gasteiger partial charge in [0.2, 0.25) is 0 Å². The quantitative estimate of drug-likeness (QED) is 0.0649. The fourth-order valence-corrected chi connectivity index (χ4v) is 3.97. The van der Waals surface area contributed by atoms with Crippen molar-refractivity contribution in [3.8, 4) is 11.5 Å². The highest BCUT2D eigenvalue weighted by Crippen LogP contribution is 2.35. The predicted molar refractivity (Wildman–Crippen MR) is 156 cm³/mol. The Morgan fingerprint density at radius 1 is 1.12 bits per heavy atom. The van der Waals surface area contributed by atoms with Gasteiger partial charge in [0.05, 0.1) is 30.6 Å². The van der Waals surface area contributed by atoms with Gasteiger partial charge in [0.1, 0.15) is 5.82 Å². The summed E-state index contributed by atoms with van der Waals surface area (Å²) in [5.41, 5.74) is 8.13. The number of carbonyl (C=O) groups is 2. The van der Waals surface area contributed by atoms with Crippen LogP contribution in [0.5, 0.6) is 11.5 Å². The molecule has 1 amide bonds. The predicted octanol–water partition coefficient (Wildman–Crippen LogP) is 4.31. The second-order valence-electron chi connectivity index (χ2n) is 9.52. The molecule has 0 heterocycles. The van der Waals surface area contributed by atoms with E-state index in [4.69, 9.17) is 25.2 Å². The van der Waals surface area contributed by atoms with Crippen LogP contribution in [0, 0.1) is 12.7 Å². The lowest BCUT2D eigenvalue weighted by Crippen LogP contribution is -2.18. The van der Waals surface area contributed by atoms with E-state index in [9.17, 15) is 19.1 Å². The largest absolute Gasteiger partial charge is 0.487 e. The number of amides is 1. The van der Waals surface area contributed by atoms with Crippen LogP contribution >= 0.6 is 0 Å². The molecule has 0 fully saturated rings. The van der Waals surface area contributed by atoms with Crippen molar-refractivity contribution in [1.82, 2.24) is 0 Å². The highest BCUT2D eigenvalue weighted by molar-refractivity contribution is 6.08. The van der Waals surface area contributed by atoms with Gasteiger partial charge in [0, 0.05) is 23.4 Å². The summed E-state index contributed by atoms with van der Waals surface area (Å²) < 4.78 is 31.3. The van der Waals surface area contributed by atoms with Crippen molar-refractivity contribution in [2.45, 2.75) is 47.0 Å². The van der Waals surface area contributed by atoms with Crippen molar-refractivity contribution in [3.05, 3.63) is 82.2 Å². The molecule has 0 spiro atoms. The summed E-state index contributed by atoms with van der Waals surface area (Å²) in [4.78, 5) is 25.3. The van der Waals surface area contributed by atoms with Crippen LogP contribution in [-0.4, -0.2) is 47.3 Å². The number of ether oxygens (including phenoxy) is 3. The molecular formula is C30H35FN4O7. The first-order valence-electron chi connectivity index (χ1n) is 13.2. The maximum atomic E-state index is 14.7. The number of hydrogen-bond acceptors (Lipinski definition) is 9. The average molecular weight is 583 g/mol. The molecule has 0 aliphatic rings. The first kappa shape index (κ1) is 31.7. The number of amidine groups is 1. The van der Waals surface area contributed by atoms with Gasteiger partial charge in [-0.3, -0.25) is 4.79 Å². The highest BCUT2D eigenvalue weighted by Gasteiger charge is 2.20. The van der Waals surface area contributed by atoms with Gasteiger partial charge in [-0.05, 0) is 87.4 Å². The molecular weight excluding hydrogens is 547 g/mol. The van der Waals surface area contributed by atoms with Gasteiger partial charge >= 0.3 is 5.97 Å². The Morgan fingerprint density at radius 3 is 2.45 bits per heavy atom. The lowest BCUT2D eigenvalue weighted by Gasteiger charge is -2.20. The molecule has 0 saturated heterocycles. The fraction of sp³-hybridized carbons (Fsp3) is 0.300. The third-order valence-electron chi connectivity index (χ3n) is 5.94. The Hall–Kier alpha value is -4.84. The first-order valence-corrected chi connectivity index (χ1v) is 13.2. The molecule has 42 heavy (non-hydrogen) atoms. The molecule has 6 N–H and O–H groups in total. The van der Waals surface area contributed by atoms with Crippen LogP contribution < -0.4 is 25.8 Å². The molecule has 3 aromatic rings. The number of aryl methyl sites for hydroxylation is 1. The second kappa shape index (κ2) is 14.7. The zero-order valence-electron chi connectivity index (χ0n) is 23.9. The number of nitrogens with zero attached hydrogens (tertiary/aromatic N) is 1. The molecule has 0 radical (unpaired) electrons. The number of nitrogens with two attached hydrogens (primary N) is 1. The van der Waals surface area contributed by atoms with Crippen LogP contribution in [0.15, 0.2) is 53.7 Å². The molecule has 0 bridgehead atoms. The summed E-state index contributed by atoms with van der Waals surface area (Å²) in [6.07, 6.45) is -0.243. The molecule has 0 saturated carbocycles. The topological polar surface area (TPSA) is 165 Å². The zero-order valence-corrected chi connectivity index (χ0v) is 23.9. The van der Waals surface area contributed by atoms with Gasteiger partial charge in [-0.2, -0.15) is 0 Å². The van der Waals surface area contributed by atoms with Gasteiger partial charge in [-0.1, -0.05) is 5.16 Å². The Morgan fingerprint density at radius 2 is 1.83 bits per heavy atom. The van der Waals surface area contributed by atoms with E-state index >= 15 is 0 Å². The molecule has 3 aromatic carbocycles. The number of halogens is 1. The minimum Gasteiger partial charge on any atom is -0.487 e. The maximum Gasteiger partial charge on any atom is 0.344 e. The Bertz CT molecular complexity index is 1440. The summed E-state index contributed by atoms with van der Waals surface area (Å²) in [5, 5.41) is 27.5. The molecule has 0 unspecified atom stereocenters. The molecule has 0 aliphatic carbocycles. The average Bonchev–Trinajstić information content (AvgIpc) is 2.96. The maximum absolute atomic E-state index is 14.7. The molecule has 12 heteroatoms. The van der Waals surface area contributed by atoms with Crippen LogP contribution in [0.3, 0.4) is 0 Å². The van der Waals surface area contributed by atoms with E-state index in [0.29, 0.717) is 28.1 Å².